The first-order valence-corrected chi connectivity index (χ1v) is 13.0. The first-order valence-electron chi connectivity index (χ1n) is 11.6. The first-order chi connectivity index (χ1) is 15.2. The van der Waals surface area contributed by atoms with Gasteiger partial charge in [-0.1, -0.05) is 33.1 Å². The van der Waals surface area contributed by atoms with Crippen molar-refractivity contribution in [2.45, 2.75) is 75.8 Å². The van der Waals surface area contributed by atoms with Crippen LogP contribution in [-0.4, -0.2) is 49.7 Å². The molecule has 0 aromatic heterocycles. The van der Waals surface area contributed by atoms with Gasteiger partial charge in [-0.05, 0) is 55.9 Å². The van der Waals surface area contributed by atoms with Crippen molar-refractivity contribution in [2.75, 3.05) is 13.1 Å². The van der Waals surface area contributed by atoms with Gasteiger partial charge in [-0.15, -0.1) is 0 Å². The Morgan fingerprint density at radius 1 is 1.12 bits per heavy atom. The molecule has 0 radical (unpaired) electrons. The molecule has 178 valence electrons. The van der Waals surface area contributed by atoms with Gasteiger partial charge in [-0.2, -0.15) is 4.31 Å². The highest BCUT2D eigenvalue weighted by Gasteiger charge is 2.36. The van der Waals surface area contributed by atoms with Crippen molar-refractivity contribution in [2.24, 2.45) is 11.8 Å². The van der Waals surface area contributed by atoms with Crippen molar-refractivity contribution in [1.82, 2.24) is 14.9 Å². The second kappa shape index (κ2) is 10.7. The maximum atomic E-state index is 13.2. The standard InChI is InChI=1S/C23H34FN3O4S/c1-3-16(2)21(23(29)25-19-8-4-5-9-19)26-22(28)17-7-6-14-27(15-17)32(30,31)20-12-10-18(24)11-13-20/h10-13,16-17,19,21H,3-9,14-15H2,1-2H3,(H,25,29)(H,26,28)/t16-,17-,21+/m1/s1. The summed E-state index contributed by atoms with van der Waals surface area (Å²) in [7, 11) is -3.82. The second-order valence-corrected chi connectivity index (χ2v) is 11.0. The average molecular weight is 468 g/mol. The number of sulfonamides is 1. The summed E-state index contributed by atoms with van der Waals surface area (Å²) in [5.74, 6) is -1.54. The predicted octanol–water partition coefficient (Wildman–Crippen LogP) is 2.82. The summed E-state index contributed by atoms with van der Waals surface area (Å²) in [6.45, 7) is 4.26. The van der Waals surface area contributed by atoms with Crippen LogP contribution in [0.5, 0.6) is 0 Å². The van der Waals surface area contributed by atoms with Crippen LogP contribution in [0.25, 0.3) is 0 Å². The molecule has 0 spiro atoms. The Balaban J connectivity index is 1.67. The zero-order valence-electron chi connectivity index (χ0n) is 18.8. The molecule has 1 aromatic carbocycles. The van der Waals surface area contributed by atoms with E-state index in [1.165, 1.54) is 16.4 Å². The van der Waals surface area contributed by atoms with E-state index < -0.39 is 27.8 Å². The van der Waals surface area contributed by atoms with Gasteiger partial charge in [0.25, 0.3) is 0 Å². The number of hydrogen-bond donors (Lipinski definition) is 2. The van der Waals surface area contributed by atoms with Crippen molar-refractivity contribution in [3.63, 3.8) is 0 Å². The quantitative estimate of drug-likeness (QED) is 0.615. The van der Waals surface area contributed by atoms with Crippen molar-refractivity contribution in [3.05, 3.63) is 30.1 Å². The topological polar surface area (TPSA) is 95.6 Å². The zero-order valence-corrected chi connectivity index (χ0v) is 19.7. The number of nitrogens with one attached hydrogen (secondary N) is 2. The van der Waals surface area contributed by atoms with Gasteiger partial charge in [0.1, 0.15) is 11.9 Å². The SMILES string of the molecule is CC[C@@H](C)[C@H](NC(=O)[C@@H]1CCCN(S(=O)(=O)c2ccc(F)cc2)C1)C(=O)NC1CCCC1. The van der Waals surface area contributed by atoms with Gasteiger partial charge in [-0.25, -0.2) is 12.8 Å². The number of rotatable bonds is 8. The largest absolute Gasteiger partial charge is 0.352 e. The zero-order chi connectivity index (χ0) is 23.3. The highest BCUT2D eigenvalue weighted by molar-refractivity contribution is 7.89. The van der Waals surface area contributed by atoms with Crippen LogP contribution < -0.4 is 10.6 Å². The molecule has 1 aromatic rings. The average Bonchev–Trinajstić information content (AvgIpc) is 3.30. The van der Waals surface area contributed by atoms with Gasteiger partial charge in [0, 0.05) is 19.1 Å². The lowest BCUT2D eigenvalue weighted by Crippen LogP contribution is -2.55. The third-order valence-corrected chi connectivity index (χ3v) is 8.58. The van der Waals surface area contributed by atoms with E-state index in [2.05, 4.69) is 10.6 Å². The molecule has 0 bridgehead atoms. The summed E-state index contributed by atoms with van der Waals surface area (Å²) in [4.78, 5) is 26.0. The molecule has 3 atom stereocenters. The normalized spacial score (nSPS) is 22.3. The maximum Gasteiger partial charge on any atom is 0.243 e. The molecule has 3 rings (SSSR count). The lowest BCUT2D eigenvalue weighted by atomic mass is 9.94. The van der Waals surface area contributed by atoms with E-state index in [0.717, 1.165) is 44.2 Å². The Bertz CT molecular complexity index is 900. The fraction of sp³-hybridized carbons (Fsp3) is 0.652. The maximum absolute atomic E-state index is 13.2. The minimum atomic E-state index is -3.82. The fourth-order valence-electron chi connectivity index (χ4n) is 4.46. The Hall–Kier alpha value is -2.00. The van der Waals surface area contributed by atoms with E-state index >= 15 is 0 Å². The summed E-state index contributed by atoms with van der Waals surface area (Å²) < 4.78 is 40.4. The third-order valence-electron chi connectivity index (χ3n) is 6.70. The third kappa shape index (κ3) is 5.86. The van der Waals surface area contributed by atoms with Gasteiger partial charge in [0.2, 0.25) is 21.8 Å². The Labute approximate surface area is 190 Å². The molecule has 1 aliphatic carbocycles. The molecular formula is C23H34FN3O4S. The number of carbonyl (C=O) groups excluding carboxylic acids is 2. The number of amides is 2. The number of benzene rings is 1. The number of piperidine rings is 1. The Kier molecular flexibility index (Phi) is 8.27. The molecule has 1 saturated carbocycles. The number of nitrogens with zero attached hydrogens (tertiary/aromatic N) is 1. The molecule has 0 unspecified atom stereocenters. The molecule has 2 aliphatic rings. The Morgan fingerprint density at radius 2 is 1.78 bits per heavy atom. The van der Waals surface area contributed by atoms with Gasteiger partial charge in [0.15, 0.2) is 0 Å². The number of carbonyl (C=O) groups is 2. The van der Waals surface area contributed by atoms with Gasteiger partial charge in [-0.3, -0.25) is 9.59 Å². The summed E-state index contributed by atoms with van der Waals surface area (Å²) in [6.07, 6.45) is 5.97. The van der Waals surface area contributed by atoms with Crippen molar-refractivity contribution in [1.29, 1.82) is 0 Å². The molecule has 9 heteroatoms. The van der Waals surface area contributed by atoms with Crippen molar-refractivity contribution < 1.29 is 22.4 Å². The lowest BCUT2D eigenvalue weighted by molar-refractivity contribution is -0.133. The van der Waals surface area contributed by atoms with Crippen LogP contribution in [0.4, 0.5) is 4.39 Å². The lowest BCUT2D eigenvalue weighted by Gasteiger charge is -2.33. The van der Waals surface area contributed by atoms with Crippen LogP contribution in [0.1, 0.15) is 58.8 Å². The van der Waals surface area contributed by atoms with Gasteiger partial charge in [0.05, 0.1) is 10.8 Å². The summed E-state index contributed by atoms with van der Waals surface area (Å²) in [5, 5.41) is 5.98. The number of halogens is 1. The van der Waals surface area contributed by atoms with E-state index in [1.807, 2.05) is 13.8 Å². The van der Waals surface area contributed by atoms with Crippen LogP contribution in [-0.2, 0) is 19.6 Å². The van der Waals surface area contributed by atoms with E-state index in [0.29, 0.717) is 19.4 Å². The fourth-order valence-corrected chi connectivity index (χ4v) is 5.99. The predicted molar refractivity (Wildman–Crippen MR) is 120 cm³/mol. The highest BCUT2D eigenvalue weighted by Crippen LogP contribution is 2.25. The number of hydrogen-bond acceptors (Lipinski definition) is 4. The van der Waals surface area contributed by atoms with Crippen LogP contribution in [0, 0.1) is 17.7 Å². The van der Waals surface area contributed by atoms with E-state index in [4.69, 9.17) is 0 Å². The highest BCUT2D eigenvalue weighted by atomic mass is 32.2. The second-order valence-electron chi connectivity index (χ2n) is 9.02. The van der Waals surface area contributed by atoms with Gasteiger partial charge >= 0.3 is 0 Å². The van der Waals surface area contributed by atoms with Crippen LogP contribution in [0.15, 0.2) is 29.2 Å². The van der Waals surface area contributed by atoms with Crippen LogP contribution >= 0.6 is 0 Å². The molecule has 2 amide bonds. The molecule has 1 saturated heterocycles. The van der Waals surface area contributed by atoms with Crippen LogP contribution in [0.3, 0.4) is 0 Å². The van der Waals surface area contributed by atoms with E-state index in [9.17, 15) is 22.4 Å². The molecule has 32 heavy (non-hydrogen) atoms. The summed E-state index contributed by atoms with van der Waals surface area (Å²) in [5.41, 5.74) is 0. The molecule has 1 aliphatic heterocycles. The van der Waals surface area contributed by atoms with Crippen molar-refractivity contribution in [3.8, 4) is 0 Å². The molecule has 1 heterocycles. The van der Waals surface area contributed by atoms with Crippen LogP contribution in [0.2, 0.25) is 0 Å². The molecule has 7 nitrogen and oxygen atoms in total. The molecule has 2 fully saturated rings. The summed E-state index contributed by atoms with van der Waals surface area (Å²) >= 11 is 0. The molecular weight excluding hydrogens is 433 g/mol. The first kappa shape index (κ1) is 24.6. The van der Waals surface area contributed by atoms with Crippen molar-refractivity contribution >= 4 is 21.8 Å². The van der Waals surface area contributed by atoms with E-state index in [1.54, 1.807) is 0 Å². The smallest absolute Gasteiger partial charge is 0.243 e. The van der Waals surface area contributed by atoms with E-state index in [-0.39, 0.29) is 35.2 Å². The Morgan fingerprint density at radius 3 is 2.41 bits per heavy atom. The monoisotopic (exact) mass is 467 g/mol. The molecule has 2 N–H and O–H groups in total. The summed E-state index contributed by atoms with van der Waals surface area (Å²) in [6, 6.07) is 4.22. The van der Waals surface area contributed by atoms with Gasteiger partial charge < -0.3 is 10.6 Å². The minimum absolute atomic E-state index is 0.00776. The minimum Gasteiger partial charge on any atom is -0.352 e.